The molecule has 0 bridgehead atoms. The minimum atomic E-state index is -0.162. The summed E-state index contributed by atoms with van der Waals surface area (Å²) in [5, 5.41) is 0. The van der Waals surface area contributed by atoms with E-state index in [-0.39, 0.29) is 5.82 Å². The molecule has 3 heteroatoms. The van der Waals surface area contributed by atoms with Gasteiger partial charge in [-0.3, -0.25) is 4.90 Å². The fourth-order valence-corrected chi connectivity index (χ4v) is 2.01. The second-order valence-electron chi connectivity index (χ2n) is 4.43. The molecule has 2 nitrogen and oxygen atoms in total. The second kappa shape index (κ2) is 5.41. The van der Waals surface area contributed by atoms with Gasteiger partial charge in [0.25, 0.3) is 0 Å². The Morgan fingerprint density at radius 1 is 1.19 bits per heavy atom. The smallest absolute Gasteiger partial charge is 0.123 e. The molecular formula is C13H19FN2. The summed E-state index contributed by atoms with van der Waals surface area (Å²) in [4.78, 5) is 2.45. The van der Waals surface area contributed by atoms with E-state index in [1.807, 2.05) is 12.1 Å². The fraction of sp³-hybridized carbons (Fsp3) is 0.538. The van der Waals surface area contributed by atoms with E-state index < -0.39 is 0 Å². The van der Waals surface area contributed by atoms with Crippen LogP contribution in [0.5, 0.6) is 0 Å². The third kappa shape index (κ3) is 3.29. The topological polar surface area (TPSA) is 29.3 Å². The van der Waals surface area contributed by atoms with Crippen LogP contribution >= 0.6 is 0 Å². The van der Waals surface area contributed by atoms with Crippen LogP contribution in [0.3, 0.4) is 0 Å². The summed E-state index contributed by atoms with van der Waals surface area (Å²) in [5.74, 6) is -0.162. The molecule has 1 aromatic rings. The molecule has 1 aliphatic rings. The van der Waals surface area contributed by atoms with E-state index >= 15 is 0 Å². The Labute approximate surface area is 96.2 Å². The first-order chi connectivity index (χ1) is 7.79. The van der Waals surface area contributed by atoms with Crippen molar-refractivity contribution in [3.63, 3.8) is 0 Å². The highest BCUT2D eigenvalue weighted by Gasteiger charge is 2.27. The maximum Gasteiger partial charge on any atom is 0.123 e. The summed E-state index contributed by atoms with van der Waals surface area (Å²) in [6, 6.07) is 7.54. The molecule has 0 aromatic heterocycles. The Hall–Kier alpha value is -0.930. The van der Waals surface area contributed by atoms with E-state index in [1.165, 1.54) is 30.5 Å². The molecular weight excluding hydrogens is 203 g/mol. The SMILES string of the molecule is NCCN(CCc1ccc(F)cc1)C1CC1. The number of nitrogens with zero attached hydrogens (tertiary/aromatic N) is 1. The van der Waals surface area contributed by atoms with Crippen LogP contribution in [0, 0.1) is 5.82 Å². The van der Waals surface area contributed by atoms with E-state index in [4.69, 9.17) is 5.73 Å². The summed E-state index contributed by atoms with van der Waals surface area (Å²) in [6.07, 6.45) is 3.60. The predicted octanol–water partition coefficient (Wildman–Crippen LogP) is 1.79. The van der Waals surface area contributed by atoms with Crippen molar-refractivity contribution in [2.24, 2.45) is 5.73 Å². The van der Waals surface area contributed by atoms with Crippen LogP contribution in [-0.2, 0) is 6.42 Å². The van der Waals surface area contributed by atoms with E-state index in [0.717, 1.165) is 32.1 Å². The first kappa shape index (κ1) is 11.6. The third-order valence-corrected chi connectivity index (χ3v) is 3.08. The molecule has 16 heavy (non-hydrogen) atoms. The lowest BCUT2D eigenvalue weighted by Gasteiger charge is -2.20. The van der Waals surface area contributed by atoms with Gasteiger partial charge in [0.2, 0.25) is 0 Å². The highest BCUT2D eigenvalue weighted by atomic mass is 19.1. The number of rotatable bonds is 6. The van der Waals surface area contributed by atoms with E-state index in [2.05, 4.69) is 4.90 Å². The highest BCUT2D eigenvalue weighted by Crippen LogP contribution is 2.26. The molecule has 1 aliphatic carbocycles. The quantitative estimate of drug-likeness (QED) is 0.795. The molecule has 1 fully saturated rings. The lowest BCUT2D eigenvalue weighted by molar-refractivity contribution is 0.274. The van der Waals surface area contributed by atoms with Gasteiger partial charge in [-0.1, -0.05) is 12.1 Å². The first-order valence-electron chi connectivity index (χ1n) is 5.98. The van der Waals surface area contributed by atoms with Crippen LogP contribution in [0.15, 0.2) is 24.3 Å². The zero-order valence-electron chi connectivity index (χ0n) is 9.53. The molecule has 1 aromatic carbocycles. The highest BCUT2D eigenvalue weighted by molar-refractivity contribution is 5.16. The lowest BCUT2D eigenvalue weighted by atomic mass is 10.1. The van der Waals surface area contributed by atoms with Crippen LogP contribution < -0.4 is 5.73 Å². The van der Waals surface area contributed by atoms with Crippen molar-refractivity contribution in [1.82, 2.24) is 4.90 Å². The van der Waals surface area contributed by atoms with E-state index in [9.17, 15) is 4.39 Å². The maximum atomic E-state index is 12.7. The predicted molar refractivity (Wildman–Crippen MR) is 63.8 cm³/mol. The van der Waals surface area contributed by atoms with Crippen LogP contribution in [0.2, 0.25) is 0 Å². The molecule has 0 unspecified atom stereocenters. The molecule has 0 atom stereocenters. The van der Waals surface area contributed by atoms with Crippen LogP contribution in [0.4, 0.5) is 4.39 Å². The standard InChI is InChI=1S/C13H19FN2/c14-12-3-1-11(2-4-12)7-9-16(10-8-15)13-5-6-13/h1-4,13H,5-10,15H2. The number of hydrogen-bond acceptors (Lipinski definition) is 2. The largest absolute Gasteiger partial charge is 0.329 e. The first-order valence-corrected chi connectivity index (χ1v) is 5.98. The summed E-state index contributed by atoms with van der Waals surface area (Å²) in [6.45, 7) is 2.74. The van der Waals surface area contributed by atoms with E-state index in [1.54, 1.807) is 0 Å². The Morgan fingerprint density at radius 2 is 1.88 bits per heavy atom. The van der Waals surface area contributed by atoms with Crippen molar-refractivity contribution in [1.29, 1.82) is 0 Å². The molecule has 1 saturated carbocycles. The number of benzene rings is 1. The van der Waals surface area contributed by atoms with Gasteiger partial charge >= 0.3 is 0 Å². The van der Waals surface area contributed by atoms with Crippen LogP contribution in [-0.4, -0.2) is 30.6 Å². The van der Waals surface area contributed by atoms with Gasteiger partial charge < -0.3 is 5.73 Å². The summed E-state index contributed by atoms with van der Waals surface area (Å²) in [7, 11) is 0. The molecule has 0 heterocycles. The summed E-state index contributed by atoms with van der Waals surface area (Å²) >= 11 is 0. The fourth-order valence-electron chi connectivity index (χ4n) is 2.01. The van der Waals surface area contributed by atoms with E-state index in [0.29, 0.717) is 0 Å². The Kier molecular flexibility index (Phi) is 3.91. The van der Waals surface area contributed by atoms with Crippen molar-refractivity contribution in [2.75, 3.05) is 19.6 Å². The Bertz CT molecular complexity index is 319. The minimum Gasteiger partial charge on any atom is -0.329 e. The van der Waals surface area contributed by atoms with Crippen molar-refractivity contribution in [3.8, 4) is 0 Å². The van der Waals surface area contributed by atoms with Crippen molar-refractivity contribution >= 4 is 0 Å². The molecule has 88 valence electrons. The van der Waals surface area contributed by atoms with Gasteiger partial charge in [-0.15, -0.1) is 0 Å². The van der Waals surface area contributed by atoms with Gasteiger partial charge in [0, 0.05) is 25.7 Å². The average molecular weight is 222 g/mol. The Morgan fingerprint density at radius 3 is 2.44 bits per heavy atom. The molecule has 0 saturated heterocycles. The number of nitrogens with two attached hydrogens (primary N) is 1. The van der Waals surface area contributed by atoms with Gasteiger partial charge in [-0.05, 0) is 37.0 Å². The molecule has 2 rings (SSSR count). The normalized spacial score (nSPS) is 15.7. The van der Waals surface area contributed by atoms with Crippen LogP contribution in [0.1, 0.15) is 18.4 Å². The van der Waals surface area contributed by atoms with Gasteiger partial charge in [-0.25, -0.2) is 4.39 Å². The zero-order chi connectivity index (χ0) is 11.4. The van der Waals surface area contributed by atoms with Crippen molar-refractivity contribution < 1.29 is 4.39 Å². The maximum absolute atomic E-state index is 12.7. The number of halogens is 1. The Balaban J connectivity index is 1.82. The minimum absolute atomic E-state index is 0.162. The monoisotopic (exact) mass is 222 g/mol. The molecule has 0 radical (unpaired) electrons. The molecule has 0 spiro atoms. The van der Waals surface area contributed by atoms with Gasteiger partial charge in [-0.2, -0.15) is 0 Å². The van der Waals surface area contributed by atoms with Gasteiger partial charge in [0.05, 0.1) is 0 Å². The average Bonchev–Trinajstić information content (AvgIpc) is 3.10. The summed E-state index contributed by atoms with van der Waals surface area (Å²) < 4.78 is 12.7. The molecule has 2 N–H and O–H groups in total. The molecule has 0 aliphatic heterocycles. The lowest BCUT2D eigenvalue weighted by Crippen LogP contribution is -2.33. The van der Waals surface area contributed by atoms with Crippen molar-refractivity contribution in [3.05, 3.63) is 35.6 Å². The van der Waals surface area contributed by atoms with Gasteiger partial charge in [0.15, 0.2) is 0 Å². The third-order valence-electron chi connectivity index (χ3n) is 3.08. The van der Waals surface area contributed by atoms with Crippen LogP contribution in [0.25, 0.3) is 0 Å². The number of hydrogen-bond donors (Lipinski definition) is 1. The summed E-state index contributed by atoms with van der Waals surface area (Å²) in [5.41, 5.74) is 6.79. The zero-order valence-corrected chi connectivity index (χ0v) is 9.53. The molecule has 0 amide bonds. The van der Waals surface area contributed by atoms with Crippen molar-refractivity contribution in [2.45, 2.75) is 25.3 Å². The second-order valence-corrected chi connectivity index (χ2v) is 4.43. The van der Waals surface area contributed by atoms with Gasteiger partial charge in [0.1, 0.15) is 5.82 Å².